The predicted molar refractivity (Wildman–Crippen MR) is 103 cm³/mol. The summed E-state index contributed by atoms with van der Waals surface area (Å²) >= 11 is 0. The van der Waals surface area contributed by atoms with Crippen molar-refractivity contribution in [3.05, 3.63) is 22.5 Å². The third-order valence-corrected chi connectivity index (χ3v) is 4.71. The van der Waals surface area contributed by atoms with Crippen LogP contribution >= 0.6 is 0 Å². The number of aryl methyl sites for hydroxylation is 1. The van der Waals surface area contributed by atoms with E-state index in [4.69, 9.17) is 4.74 Å². The Hall–Kier alpha value is -2.31. The van der Waals surface area contributed by atoms with Crippen LogP contribution in [0.2, 0.25) is 0 Å². The van der Waals surface area contributed by atoms with E-state index < -0.39 is 5.97 Å². The average Bonchev–Trinajstić information content (AvgIpc) is 2.87. The fourth-order valence-electron chi connectivity index (χ4n) is 3.48. The Bertz CT molecular complexity index is 721. The number of aromatic amines is 1. The van der Waals surface area contributed by atoms with Gasteiger partial charge < -0.3 is 19.9 Å². The van der Waals surface area contributed by atoms with Crippen LogP contribution in [0.1, 0.15) is 72.6 Å². The van der Waals surface area contributed by atoms with Gasteiger partial charge in [0.15, 0.2) is 0 Å². The van der Waals surface area contributed by atoms with Crippen molar-refractivity contribution in [2.45, 2.75) is 66.5 Å². The topological polar surface area (TPSA) is 91.5 Å². The number of carbonyl (C=O) groups excluding carboxylic acids is 3. The lowest BCUT2D eigenvalue weighted by Gasteiger charge is -2.32. The standard InChI is InChI=1S/C20H31N3O4/c1-11(2)21-18(24)15-8-7-9-23(10-15)19(25)17-13(5)16(14(6)22-17)20(26)27-12(3)4/h11-12,15,22H,7-10H2,1-6H3,(H,21,24)/t15-/m1/s1. The molecule has 150 valence electrons. The number of nitrogens with one attached hydrogen (secondary N) is 2. The summed E-state index contributed by atoms with van der Waals surface area (Å²) in [5, 5.41) is 2.92. The molecule has 2 heterocycles. The van der Waals surface area contributed by atoms with Crippen LogP contribution in [-0.2, 0) is 9.53 Å². The molecule has 0 aromatic carbocycles. The molecule has 1 aliphatic heterocycles. The summed E-state index contributed by atoms with van der Waals surface area (Å²) in [5.74, 6) is -0.820. The molecule has 2 rings (SSSR count). The number of rotatable bonds is 5. The number of carbonyl (C=O) groups is 3. The van der Waals surface area contributed by atoms with Gasteiger partial charge in [0, 0.05) is 24.8 Å². The number of hydrogen-bond donors (Lipinski definition) is 2. The van der Waals surface area contributed by atoms with Crippen LogP contribution in [0.4, 0.5) is 0 Å². The van der Waals surface area contributed by atoms with Gasteiger partial charge in [0.2, 0.25) is 5.91 Å². The van der Waals surface area contributed by atoms with Crippen molar-refractivity contribution in [2.24, 2.45) is 5.92 Å². The maximum absolute atomic E-state index is 13.0. The first-order valence-electron chi connectivity index (χ1n) is 9.61. The molecule has 0 unspecified atom stereocenters. The summed E-state index contributed by atoms with van der Waals surface area (Å²) in [6.45, 7) is 11.9. The lowest BCUT2D eigenvalue weighted by molar-refractivity contribution is -0.126. The van der Waals surface area contributed by atoms with E-state index in [1.165, 1.54) is 0 Å². The Morgan fingerprint density at radius 3 is 2.44 bits per heavy atom. The van der Waals surface area contributed by atoms with Gasteiger partial charge in [0.1, 0.15) is 5.69 Å². The molecule has 1 fully saturated rings. The van der Waals surface area contributed by atoms with Crippen molar-refractivity contribution in [1.82, 2.24) is 15.2 Å². The van der Waals surface area contributed by atoms with Crippen molar-refractivity contribution in [2.75, 3.05) is 13.1 Å². The molecule has 0 saturated carbocycles. The molecule has 1 aromatic rings. The van der Waals surface area contributed by atoms with E-state index in [1.54, 1.807) is 32.6 Å². The fraction of sp³-hybridized carbons (Fsp3) is 0.650. The van der Waals surface area contributed by atoms with E-state index in [9.17, 15) is 14.4 Å². The van der Waals surface area contributed by atoms with E-state index in [1.807, 2.05) is 13.8 Å². The van der Waals surface area contributed by atoms with E-state index >= 15 is 0 Å². The number of ether oxygens (including phenoxy) is 1. The van der Waals surface area contributed by atoms with E-state index in [0.29, 0.717) is 35.6 Å². The van der Waals surface area contributed by atoms with Gasteiger partial charge in [-0.15, -0.1) is 0 Å². The zero-order valence-electron chi connectivity index (χ0n) is 17.1. The molecule has 0 bridgehead atoms. The molecule has 1 aromatic heterocycles. The normalized spacial score (nSPS) is 17.3. The SMILES string of the molecule is Cc1[nH]c(C(=O)N2CCC[C@@H](C(=O)NC(C)C)C2)c(C)c1C(=O)OC(C)C. The summed E-state index contributed by atoms with van der Waals surface area (Å²) in [4.78, 5) is 42.4. The van der Waals surface area contributed by atoms with Crippen molar-refractivity contribution >= 4 is 17.8 Å². The van der Waals surface area contributed by atoms with Crippen LogP contribution < -0.4 is 5.32 Å². The molecule has 27 heavy (non-hydrogen) atoms. The third-order valence-electron chi connectivity index (χ3n) is 4.71. The number of aromatic nitrogens is 1. The summed E-state index contributed by atoms with van der Waals surface area (Å²) in [5.41, 5.74) is 2.02. The molecule has 0 radical (unpaired) electrons. The molecule has 0 aliphatic carbocycles. The minimum absolute atomic E-state index is 0.0110. The van der Waals surface area contributed by atoms with Gasteiger partial charge in [-0.1, -0.05) is 0 Å². The molecule has 7 nitrogen and oxygen atoms in total. The van der Waals surface area contributed by atoms with Crippen LogP contribution in [0, 0.1) is 19.8 Å². The molecule has 7 heteroatoms. The van der Waals surface area contributed by atoms with Crippen LogP contribution in [0.25, 0.3) is 0 Å². The zero-order valence-corrected chi connectivity index (χ0v) is 17.1. The molecule has 2 amide bonds. The number of amides is 2. The Kier molecular flexibility index (Phi) is 6.68. The minimum atomic E-state index is -0.428. The summed E-state index contributed by atoms with van der Waals surface area (Å²) < 4.78 is 5.29. The van der Waals surface area contributed by atoms with Crippen molar-refractivity contribution < 1.29 is 19.1 Å². The summed E-state index contributed by atoms with van der Waals surface area (Å²) in [6, 6.07) is 0.0754. The molecule has 1 atom stereocenters. The minimum Gasteiger partial charge on any atom is -0.459 e. The molecule has 2 N–H and O–H groups in total. The first-order valence-corrected chi connectivity index (χ1v) is 9.61. The Morgan fingerprint density at radius 1 is 1.19 bits per heavy atom. The third kappa shape index (κ3) is 4.90. The second-order valence-corrected chi connectivity index (χ2v) is 7.83. The van der Waals surface area contributed by atoms with E-state index in [2.05, 4.69) is 10.3 Å². The second-order valence-electron chi connectivity index (χ2n) is 7.83. The second kappa shape index (κ2) is 8.59. The average molecular weight is 377 g/mol. The maximum atomic E-state index is 13.0. The molecular formula is C20H31N3O4. The van der Waals surface area contributed by atoms with Gasteiger partial charge in [-0.25, -0.2) is 4.79 Å². The van der Waals surface area contributed by atoms with Crippen molar-refractivity contribution in [3.8, 4) is 0 Å². The quantitative estimate of drug-likeness (QED) is 0.772. The lowest BCUT2D eigenvalue weighted by Crippen LogP contribution is -2.46. The highest BCUT2D eigenvalue weighted by Crippen LogP contribution is 2.24. The highest BCUT2D eigenvalue weighted by molar-refractivity contribution is 6.00. The number of piperidine rings is 1. The summed E-state index contributed by atoms with van der Waals surface area (Å²) in [6.07, 6.45) is 1.33. The largest absolute Gasteiger partial charge is 0.459 e. The molecular weight excluding hydrogens is 346 g/mol. The van der Waals surface area contributed by atoms with E-state index in [0.717, 1.165) is 12.8 Å². The van der Waals surface area contributed by atoms with Gasteiger partial charge >= 0.3 is 5.97 Å². The number of H-pyrrole nitrogens is 1. The first kappa shape index (κ1) is 21.0. The van der Waals surface area contributed by atoms with Crippen LogP contribution in [-0.4, -0.2) is 52.9 Å². The van der Waals surface area contributed by atoms with Crippen LogP contribution in [0.3, 0.4) is 0 Å². The Morgan fingerprint density at radius 2 is 1.85 bits per heavy atom. The Balaban J connectivity index is 2.18. The first-order chi connectivity index (χ1) is 12.6. The van der Waals surface area contributed by atoms with Gasteiger partial charge in [-0.2, -0.15) is 0 Å². The fourth-order valence-corrected chi connectivity index (χ4v) is 3.48. The van der Waals surface area contributed by atoms with Gasteiger partial charge in [-0.05, 0) is 59.9 Å². The highest BCUT2D eigenvalue weighted by Gasteiger charge is 2.32. The summed E-state index contributed by atoms with van der Waals surface area (Å²) in [7, 11) is 0. The number of nitrogens with zero attached hydrogens (tertiary/aromatic N) is 1. The van der Waals surface area contributed by atoms with E-state index in [-0.39, 0.29) is 29.9 Å². The number of esters is 1. The van der Waals surface area contributed by atoms with Gasteiger partial charge in [0.05, 0.1) is 17.6 Å². The Labute approximate surface area is 160 Å². The van der Waals surface area contributed by atoms with Crippen molar-refractivity contribution in [3.63, 3.8) is 0 Å². The highest BCUT2D eigenvalue weighted by atomic mass is 16.5. The molecule has 0 spiro atoms. The number of hydrogen-bond acceptors (Lipinski definition) is 4. The van der Waals surface area contributed by atoms with Gasteiger partial charge in [0.25, 0.3) is 5.91 Å². The lowest BCUT2D eigenvalue weighted by atomic mass is 9.96. The molecule has 1 aliphatic rings. The zero-order chi connectivity index (χ0) is 20.3. The molecule has 1 saturated heterocycles. The smallest absolute Gasteiger partial charge is 0.340 e. The van der Waals surface area contributed by atoms with Crippen molar-refractivity contribution in [1.29, 1.82) is 0 Å². The van der Waals surface area contributed by atoms with Crippen LogP contribution in [0.15, 0.2) is 0 Å². The number of likely N-dealkylation sites (tertiary alicyclic amines) is 1. The maximum Gasteiger partial charge on any atom is 0.340 e. The van der Waals surface area contributed by atoms with Gasteiger partial charge in [-0.3, -0.25) is 9.59 Å². The predicted octanol–water partition coefficient (Wildman–Crippen LogP) is 2.57. The van der Waals surface area contributed by atoms with Crippen LogP contribution in [0.5, 0.6) is 0 Å². The monoisotopic (exact) mass is 377 g/mol.